The fourth-order valence-electron chi connectivity index (χ4n) is 4.62. The van der Waals surface area contributed by atoms with Gasteiger partial charge < -0.3 is 0 Å². The lowest BCUT2D eigenvalue weighted by Crippen LogP contribution is -2.44. The molecule has 0 aromatic carbocycles. The summed E-state index contributed by atoms with van der Waals surface area (Å²) in [5.41, 5.74) is 1.51. The number of rotatable bonds is 2. The molecule has 1 saturated heterocycles. The van der Waals surface area contributed by atoms with Crippen LogP contribution in [-0.2, 0) is 0 Å². The fraction of sp³-hybridized carbons (Fsp3) is 0.882. The topological polar surface area (TPSA) is 3.24 Å². The Morgan fingerprint density at radius 3 is 2.11 bits per heavy atom. The maximum atomic E-state index is 4.30. The van der Waals surface area contributed by atoms with Gasteiger partial charge in [0, 0.05) is 18.6 Å². The lowest BCUT2D eigenvalue weighted by atomic mass is 9.81. The highest BCUT2D eigenvalue weighted by Crippen LogP contribution is 2.39. The summed E-state index contributed by atoms with van der Waals surface area (Å²) in [6.07, 6.45) is 16.0. The maximum absolute atomic E-state index is 4.30. The van der Waals surface area contributed by atoms with Gasteiger partial charge in [0.1, 0.15) is 0 Å². The van der Waals surface area contributed by atoms with Gasteiger partial charge in [0.15, 0.2) is 0 Å². The van der Waals surface area contributed by atoms with Gasteiger partial charge in [-0.05, 0) is 38.0 Å². The second kappa shape index (κ2) is 5.77. The van der Waals surface area contributed by atoms with Crippen molar-refractivity contribution in [3.63, 3.8) is 0 Å². The Morgan fingerprint density at radius 2 is 1.44 bits per heavy atom. The van der Waals surface area contributed by atoms with Gasteiger partial charge >= 0.3 is 0 Å². The zero-order valence-corrected chi connectivity index (χ0v) is 11.9. The van der Waals surface area contributed by atoms with Gasteiger partial charge in [-0.2, -0.15) is 0 Å². The Hall–Kier alpha value is -0.300. The van der Waals surface area contributed by atoms with Gasteiger partial charge in [0.25, 0.3) is 0 Å². The molecule has 1 nitrogen and oxygen atoms in total. The van der Waals surface area contributed by atoms with Crippen molar-refractivity contribution < 1.29 is 0 Å². The zero-order chi connectivity index (χ0) is 12.4. The van der Waals surface area contributed by atoms with E-state index in [1.54, 1.807) is 0 Å². The van der Waals surface area contributed by atoms with Crippen LogP contribution >= 0.6 is 0 Å². The fourth-order valence-corrected chi connectivity index (χ4v) is 4.62. The molecule has 102 valence electrons. The molecule has 2 saturated carbocycles. The van der Waals surface area contributed by atoms with Crippen molar-refractivity contribution in [3.8, 4) is 0 Å². The predicted octanol–water partition coefficient (Wildman–Crippen LogP) is 4.53. The van der Waals surface area contributed by atoms with Crippen LogP contribution in [0, 0.1) is 5.92 Å². The lowest BCUT2D eigenvalue weighted by Gasteiger charge is -2.40. The third-order valence-corrected chi connectivity index (χ3v) is 5.57. The molecular formula is C17H29N. The van der Waals surface area contributed by atoms with Gasteiger partial charge in [-0.25, -0.2) is 0 Å². The molecule has 3 fully saturated rings. The summed E-state index contributed by atoms with van der Waals surface area (Å²) in [7, 11) is 0. The number of hydrogen-bond donors (Lipinski definition) is 0. The van der Waals surface area contributed by atoms with Crippen LogP contribution in [-0.4, -0.2) is 23.5 Å². The Morgan fingerprint density at radius 1 is 0.833 bits per heavy atom. The van der Waals surface area contributed by atoms with E-state index in [-0.39, 0.29) is 0 Å². The van der Waals surface area contributed by atoms with Crippen molar-refractivity contribution in [2.75, 3.05) is 6.54 Å². The summed E-state index contributed by atoms with van der Waals surface area (Å²) in [4.78, 5) is 2.87. The molecule has 3 aliphatic rings. The molecule has 0 aromatic rings. The first-order chi connectivity index (χ1) is 8.84. The van der Waals surface area contributed by atoms with Crippen molar-refractivity contribution in [2.45, 2.75) is 82.7 Å². The molecule has 0 aromatic heterocycles. The Balaban J connectivity index is 1.67. The average molecular weight is 247 g/mol. The highest BCUT2D eigenvalue weighted by Gasteiger charge is 2.37. The van der Waals surface area contributed by atoms with Crippen LogP contribution in [0.25, 0.3) is 0 Å². The first-order valence-corrected chi connectivity index (χ1v) is 8.27. The van der Waals surface area contributed by atoms with E-state index in [9.17, 15) is 0 Å². The molecule has 0 spiro atoms. The molecule has 1 unspecified atom stereocenters. The minimum atomic E-state index is 0.862. The van der Waals surface area contributed by atoms with Gasteiger partial charge in [-0.15, -0.1) is 0 Å². The summed E-state index contributed by atoms with van der Waals surface area (Å²) < 4.78 is 0. The first kappa shape index (κ1) is 12.7. The summed E-state index contributed by atoms with van der Waals surface area (Å²) in [6.45, 7) is 5.52. The van der Waals surface area contributed by atoms with E-state index < -0.39 is 0 Å². The Bertz CT molecular complexity index is 256. The van der Waals surface area contributed by atoms with Crippen molar-refractivity contribution in [1.29, 1.82) is 0 Å². The molecular weight excluding hydrogens is 218 g/mol. The predicted molar refractivity (Wildman–Crippen MR) is 77.7 cm³/mol. The van der Waals surface area contributed by atoms with Crippen LogP contribution in [0.2, 0.25) is 0 Å². The van der Waals surface area contributed by atoms with E-state index in [1.807, 2.05) is 0 Å². The third-order valence-electron chi connectivity index (χ3n) is 5.57. The molecule has 0 bridgehead atoms. The van der Waals surface area contributed by atoms with E-state index in [4.69, 9.17) is 0 Å². The molecule has 0 radical (unpaired) electrons. The monoisotopic (exact) mass is 247 g/mol. The van der Waals surface area contributed by atoms with E-state index in [0.717, 1.165) is 18.0 Å². The molecule has 1 heteroatoms. The van der Waals surface area contributed by atoms with E-state index in [2.05, 4.69) is 11.5 Å². The molecule has 0 amide bonds. The molecule has 0 N–H and O–H groups in total. The SMILES string of the molecule is C=C1CC(C2CCCCC2)N(C2CCCCC2)C1. The van der Waals surface area contributed by atoms with Crippen molar-refractivity contribution in [1.82, 2.24) is 4.90 Å². The van der Waals surface area contributed by atoms with Crippen LogP contribution in [0.1, 0.15) is 70.6 Å². The average Bonchev–Trinajstić information content (AvgIpc) is 2.83. The summed E-state index contributed by atoms with van der Waals surface area (Å²) >= 11 is 0. The van der Waals surface area contributed by atoms with Gasteiger partial charge in [0.05, 0.1) is 0 Å². The molecule has 1 atom stereocenters. The molecule has 2 aliphatic carbocycles. The normalized spacial score (nSPS) is 33.1. The van der Waals surface area contributed by atoms with Crippen LogP contribution < -0.4 is 0 Å². The van der Waals surface area contributed by atoms with Crippen LogP contribution in [0.3, 0.4) is 0 Å². The van der Waals surface area contributed by atoms with Crippen molar-refractivity contribution >= 4 is 0 Å². The zero-order valence-electron chi connectivity index (χ0n) is 11.9. The van der Waals surface area contributed by atoms with E-state index >= 15 is 0 Å². The third kappa shape index (κ3) is 2.66. The van der Waals surface area contributed by atoms with Crippen LogP contribution in [0.15, 0.2) is 12.2 Å². The van der Waals surface area contributed by atoms with Crippen molar-refractivity contribution in [3.05, 3.63) is 12.2 Å². The smallest absolute Gasteiger partial charge is 0.0196 e. The highest BCUT2D eigenvalue weighted by molar-refractivity contribution is 5.11. The molecule has 1 aliphatic heterocycles. The number of likely N-dealkylation sites (tertiary alicyclic amines) is 1. The van der Waals surface area contributed by atoms with Crippen molar-refractivity contribution in [2.24, 2.45) is 5.92 Å². The van der Waals surface area contributed by atoms with Crippen LogP contribution in [0.4, 0.5) is 0 Å². The summed E-state index contributed by atoms with van der Waals surface area (Å²) in [6, 6.07) is 1.76. The van der Waals surface area contributed by atoms with E-state index in [0.29, 0.717) is 0 Å². The summed E-state index contributed by atoms with van der Waals surface area (Å²) in [5.74, 6) is 0.986. The van der Waals surface area contributed by atoms with Gasteiger partial charge in [-0.1, -0.05) is 50.7 Å². The minimum absolute atomic E-state index is 0.862. The number of hydrogen-bond acceptors (Lipinski definition) is 1. The largest absolute Gasteiger partial charge is 0.293 e. The maximum Gasteiger partial charge on any atom is 0.0196 e. The lowest BCUT2D eigenvalue weighted by molar-refractivity contribution is 0.0918. The quantitative estimate of drug-likeness (QED) is 0.648. The highest BCUT2D eigenvalue weighted by atomic mass is 15.2. The Kier molecular flexibility index (Phi) is 4.08. The van der Waals surface area contributed by atoms with E-state index in [1.165, 1.54) is 82.7 Å². The summed E-state index contributed by atoms with van der Waals surface area (Å²) in [5, 5.41) is 0. The number of nitrogens with zero attached hydrogens (tertiary/aromatic N) is 1. The van der Waals surface area contributed by atoms with Gasteiger partial charge in [-0.3, -0.25) is 4.90 Å². The van der Waals surface area contributed by atoms with Gasteiger partial charge in [0.2, 0.25) is 0 Å². The van der Waals surface area contributed by atoms with Crippen LogP contribution in [0.5, 0.6) is 0 Å². The second-order valence-corrected chi connectivity index (χ2v) is 6.88. The Labute approximate surface area is 113 Å². The molecule has 3 rings (SSSR count). The standard InChI is InChI=1S/C17H29N/c1-14-12-17(15-8-4-2-5-9-15)18(13-14)16-10-6-3-7-11-16/h15-17H,1-13H2. The molecule has 18 heavy (non-hydrogen) atoms. The molecule has 1 heterocycles. The second-order valence-electron chi connectivity index (χ2n) is 6.88. The first-order valence-electron chi connectivity index (χ1n) is 8.27. The minimum Gasteiger partial charge on any atom is -0.293 e.